The van der Waals surface area contributed by atoms with Crippen LogP contribution in [-0.4, -0.2) is 26.1 Å². The van der Waals surface area contributed by atoms with Crippen molar-refractivity contribution >= 4 is 27.5 Å². The van der Waals surface area contributed by atoms with E-state index >= 15 is 0 Å². The van der Waals surface area contributed by atoms with Crippen LogP contribution in [0.3, 0.4) is 0 Å². The van der Waals surface area contributed by atoms with Gasteiger partial charge in [-0.05, 0) is 46.7 Å². The molecule has 0 bridgehead atoms. The summed E-state index contributed by atoms with van der Waals surface area (Å²) in [6, 6.07) is 14.5. The fraction of sp³-hybridized carbons (Fsp3) is 0.125. The Hall–Kier alpha value is -2.54. The monoisotopic (exact) mass is 371 g/mol. The van der Waals surface area contributed by atoms with Gasteiger partial charge in [0.2, 0.25) is 0 Å². The summed E-state index contributed by atoms with van der Waals surface area (Å²) >= 11 is 3.42. The van der Waals surface area contributed by atoms with Crippen LogP contribution in [0.25, 0.3) is 0 Å². The van der Waals surface area contributed by atoms with Gasteiger partial charge in [0.05, 0.1) is 0 Å². The molecule has 2 aromatic carbocycles. The first-order chi connectivity index (χ1) is 11.1. The number of carbonyl (C=O) groups is 1. The number of tetrazole rings is 1. The first-order valence-corrected chi connectivity index (χ1v) is 7.79. The lowest BCUT2D eigenvalue weighted by atomic mass is 10.1. The van der Waals surface area contributed by atoms with Crippen molar-refractivity contribution in [3.05, 3.63) is 70.5 Å². The van der Waals surface area contributed by atoms with E-state index in [1.165, 1.54) is 11.0 Å². The summed E-state index contributed by atoms with van der Waals surface area (Å²) < 4.78 is 2.41. The highest BCUT2D eigenvalue weighted by Crippen LogP contribution is 2.23. The molecule has 1 heterocycles. The first-order valence-electron chi connectivity index (χ1n) is 6.99. The van der Waals surface area contributed by atoms with Crippen LogP contribution < -0.4 is 5.32 Å². The summed E-state index contributed by atoms with van der Waals surface area (Å²) in [5.74, 6) is -0.200. The van der Waals surface area contributed by atoms with Crippen molar-refractivity contribution in [3.63, 3.8) is 0 Å². The van der Waals surface area contributed by atoms with Crippen molar-refractivity contribution in [2.24, 2.45) is 0 Å². The molecule has 3 rings (SSSR count). The third-order valence-corrected chi connectivity index (χ3v) is 3.93. The summed E-state index contributed by atoms with van der Waals surface area (Å²) in [6.07, 6.45) is 1.44. The number of rotatable bonds is 4. The standard InChI is InChI=1S/C16H14BrN5O/c1-11-9-13(17)7-8-14(11)19-16(23)15(22-10-18-20-21-22)12-5-3-2-4-6-12/h2-10,15H,1H3,(H,19,23)/t15-/m1/s1. The number of aryl methyl sites for hydroxylation is 1. The second-order valence-electron chi connectivity index (χ2n) is 5.05. The highest BCUT2D eigenvalue weighted by atomic mass is 79.9. The van der Waals surface area contributed by atoms with E-state index in [2.05, 4.69) is 36.8 Å². The number of hydrogen-bond donors (Lipinski definition) is 1. The second-order valence-corrected chi connectivity index (χ2v) is 5.97. The van der Waals surface area contributed by atoms with Crippen LogP contribution in [0.5, 0.6) is 0 Å². The number of halogens is 1. The molecule has 1 aromatic heterocycles. The number of anilines is 1. The normalized spacial score (nSPS) is 11.9. The minimum absolute atomic E-state index is 0.200. The highest BCUT2D eigenvalue weighted by Gasteiger charge is 2.24. The smallest absolute Gasteiger partial charge is 0.253 e. The molecule has 3 aromatic rings. The third kappa shape index (κ3) is 3.45. The number of nitrogens with one attached hydrogen (secondary N) is 1. The number of amides is 1. The quantitative estimate of drug-likeness (QED) is 0.764. The van der Waals surface area contributed by atoms with Crippen molar-refractivity contribution in [3.8, 4) is 0 Å². The molecular weight excluding hydrogens is 358 g/mol. The Balaban J connectivity index is 1.92. The lowest BCUT2D eigenvalue weighted by molar-refractivity contribution is -0.118. The summed E-state index contributed by atoms with van der Waals surface area (Å²) in [6.45, 7) is 1.94. The molecule has 0 spiro atoms. The maximum atomic E-state index is 12.8. The summed E-state index contributed by atoms with van der Waals surface area (Å²) in [4.78, 5) is 12.8. The van der Waals surface area contributed by atoms with Crippen molar-refractivity contribution in [1.29, 1.82) is 0 Å². The fourth-order valence-corrected chi connectivity index (χ4v) is 2.79. The van der Waals surface area contributed by atoms with Gasteiger partial charge < -0.3 is 5.32 Å². The van der Waals surface area contributed by atoms with Crippen LogP contribution in [0, 0.1) is 6.92 Å². The van der Waals surface area contributed by atoms with Crippen LogP contribution in [0.1, 0.15) is 17.2 Å². The third-order valence-electron chi connectivity index (χ3n) is 3.44. The number of carbonyl (C=O) groups excluding carboxylic acids is 1. The molecule has 0 saturated carbocycles. The molecular formula is C16H14BrN5O. The molecule has 0 radical (unpaired) electrons. The van der Waals surface area contributed by atoms with E-state index < -0.39 is 6.04 Å². The molecule has 1 atom stereocenters. The summed E-state index contributed by atoms with van der Waals surface area (Å²) in [7, 11) is 0. The van der Waals surface area contributed by atoms with Crippen molar-refractivity contribution in [2.45, 2.75) is 13.0 Å². The number of nitrogens with zero attached hydrogens (tertiary/aromatic N) is 4. The zero-order chi connectivity index (χ0) is 16.2. The first kappa shape index (κ1) is 15.4. The lowest BCUT2D eigenvalue weighted by Crippen LogP contribution is -2.27. The van der Waals surface area contributed by atoms with Gasteiger partial charge in [-0.1, -0.05) is 46.3 Å². The molecule has 0 aliphatic heterocycles. The van der Waals surface area contributed by atoms with Gasteiger partial charge in [-0.2, -0.15) is 0 Å². The zero-order valence-electron chi connectivity index (χ0n) is 12.3. The number of benzene rings is 2. The van der Waals surface area contributed by atoms with E-state index in [9.17, 15) is 4.79 Å². The van der Waals surface area contributed by atoms with Gasteiger partial charge >= 0.3 is 0 Å². The summed E-state index contributed by atoms with van der Waals surface area (Å²) in [5.41, 5.74) is 2.54. The largest absolute Gasteiger partial charge is 0.324 e. The Morgan fingerprint density at radius 2 is 2.00 bits per heavy atom. The molecule has 0 fully saturated rings. The Morgan fingerprint density at radius 1 is 1.22 bits per heavy atom. The molecule has 116 valence electrons. The fourth-order valence-electron chi connectivity index (χ4n) is 2.31. The predicted molar refractivity (Wildman–Crippen MR) is 89.9 cm³/mol. The average Bonchev–Trinajstić information content (AvgIpc) is 3.05. The van der Waals surface area contributed by atoms with E-state index in [1.807, 2.05) is 55.5 Å². The molecule has 7 heteroatoms. The van der Waals surface area contributed by atoms with Gasteiger partial charge in [-0.25, -0.2) is 4.68 Å². The minimum atomic E-state index is -0.630. The topological polar surface area (TPSA) is 72.7 Å². The Kier molecular flexibility index (Phi) is 4.47. The van der Waals surface area contributed by atoms with Gasteiger partial charge in [-0.3, -0.25) is 4.79 Å². The van der Waals surface area contributed by atoms with Gasteiger partial charge in [0.25, 0.3) is 5.91 Å². The van der Waals surface area contributed by atoms with E-state index in [1.54, 1.807) is 0 Å². The maximum absolute atomic E-state index is 12.8. The van der Waals surface area contributed by atoms with E-state index in [-0.39, 0.29) is 5.91 Å². The number of hydrogen-bond acceptors (Lipinski definition) is 4. The van der Waals surface area contributed by atoms with E-state index in [4.69, 9.17) is 0 Å². The molecule has 0 saturated heterocycles. The Labute approximate surface area is 141 Å². The second kappa shape index (κ2) is 6.70. The van der Waals surface area contributed by atoms with Crippen LogP contribution in [0.15, 0.2) is 59.3 Å². The summed E-state index contributed by atoms with van der Waals surface area (Å²) in [5, 5.41) is 14.1. The molecule has 0 unspecified atom stereocenters. The van der Waals surface area contributed by atoms with Crippen molar-refractivity contribution in [2.75, 3.05) is 5.32 Å². The molecule has 6 nitrogen and oxygen atoms in total. The molecule has 1 N–H and O–H groups in total. The van der Waals surface area contributed by atoms with Gasteiger partial charge in [0.1, 0.15) is 6.33 Å². The minimum Gasteiger partial charge on any atom is -0.324 e. The average molecular weight is 372 g/mol. The SMILES string of the molecule is Cc1cc(Br)ccc1NC(=O)[C@@H](c1ccccc1)n1cnnn1. The molecule has 0 aliphatic rings. The zero-order valence-corrected chi connectivity index (χ0v) is 13.9. The van der Waals surface area contributed by atoms with Crippen molar-refractivity contribution < 1.29 is 4.79 Å². The van der Waals surface area contributed by atoms with E-state index in [0.717, 1.165) is 21.3 Å². The maximum Gasteiger partial charge on any atom is 0.253 e. The van der Waals surface area contributed by atoms with Crippen LogP contribution in [-0.2, 0) is 4.79 Å². The molecule has 23 heavy (non-hydrogen) atoms. The van der Waals surface area contributed by atoms with Crippen LogP contribution >= 0.6 is 15.9 Å². The lowest BCUT2D eigenvalue weighted by Gasteiger charge is -2.17. The van der Waals surface area contributed by atoms with Gasteiger partial charge in [-0.15, -0.1) is 5.10 Å². The Morgan fingerprint density at radius 3 is 2.65 bits per heavy atom. The van der Waals surface area contributed by atoms with E-state index in [0.29, 0.717) is 0 Å². The highest BCUT2D eigenvalue weighted by molar-refractivity contribution is 9.10. The number of aromatic nitrogens is 4. The van der Waals surface area contributed by atoms with Crippen LogP contribution in [0.2, 0.25) is 0 Å². The van der Waals surface area contributed by atoms with Crippen molar-refractivity contribution in [1.82, 2.24) is 20.2 Å². The molecule has 0 aliphatic carbocycles. The predicted octanol–water partition coefficient (Wildman–Crippen LogP) is 2.97. The molecule has 1 amide bonds. The van der Waals surface area contributed by atoms with Gasteiger partial charge in [0.15, 0.2) is 6.04 Å². The van der Waals surface area contributed by atoms with Gasteiger partial charge in [0, 0.05) is 10.2 Å². The Bertz CT molecular complexity index is 805. The van der Waals surface area contributed by atoms with Crippen LogP contribution in [0.4, 0.5) is 5.69 Å².